The van der Waals surface area contributed by atoms with Crippen molar-refractivity contribution in [2.75, 3.05) is 13.7 Å². The Morgan fingerprint density at radius 2 is 2.14 bits per heavy atom. The van der Waals surface area contributed by atoms with Gasteiger partial charge in [-0.25, -0.2) is 4.79 Å². The number of aliphatic carboxylic acids is 1. The maximum atomic E-state index is 12.6. The van der Waals surface area contributed by atoms with Crippen molar-refractivity contribution in [3.63, 3.8) is 0 Å². The first-order valence-electron chi connectivity index (χ1n) is 7.11. The lowest BCUT2D eigenvalue weighted by Gasteiger charge is -2.34. The molecule has 0 bridgehead atoms. The van der Waals surface area contributed by atoms with Gasteiger partial charge in [-0.3, -0.25) is 4.79 Å². The van der Waals surface area contributed by atoms with Gasteiger partial charge in [-0.05, 0) is 37.3 Å². The van der Waals surface area contributed by atoms with Crippen LogP contribution in [0.15, 0.2) is 24.3 Å². The van der Waals surface area contributed by atoms with Gasteiger partial charge in [0.05, 0.1) is 12.0 Å². The molecule has 21 heavy (non-hydrogen) atoms. The van der Waals surface area contributed by atoms with Gasteiger partial charge in [-0.1, -0.05) is 24.3 Å². The molecule has 2 atom stereocenters. The van der Waals surface area contributed by atoms with Crippen LogP contribution in [0.4, 0.5) is 0 Å². The van der Waals surface area contributed by atoms with Crippen molar-refractivity contribution >= 4 is 11.9 Å². The van der Waals surface area contributed by atoms with E-state index in [1.807, 2.05) is 25.1 Å². The van der Waals surface area contributed by atoms with E-state index in [2.05, 4.69) is 11.4 Å². The fourth-order valence-corrected chi connectivity index (χ4v) is 2.93. The molecule has 0 spiro atoms. The Morgan fingerprint density at radius 1 is 1.43 bits per heavy atom. The van der Waals surface area contributed by atoms with Crippen LogP contribution in [0.2, 0.25) is 0 Å². The summed E-state index contributed by atoms with van der Waals surface area (Å²) in [7, 11) is 1.32. The van der Waals surface area contributed by atoms with E-state index in [4.69, 9.17) is 9.84 Å². The van der Waals surface area contributed by atoms with Gasteiger partial charge in [0, 0.05) is 7.11 Å². The summed E-state index contributed by atoms with van der Waals surface area (Å²) in [5.74, 6) is -1.22. The third kappa shape index (κ3) is 3.08. The number of hydrogen-bond acceptors (Lipinski definition) is 3. The molecule has 2 unspecified atom stereocenters. The summed E-state index contributed by atoms with van der Waals surface area (Å²) in [6, 6.07) is 7.95. The van der Waals surface area contributed by atoms with Gasteiger partial charge in [0.2, 0.25) is 5.91 Å². The number of carboxylic acids is 1. The van der Waals surface area contributed by atoms with Crippen LogP contribution in [0.25, 0.3) is 0 Å². The van der Waals surface area contributed by atoms with E-state index in [1.165, 1.54) is 12.7 Å². The second kappa shape index (κ2) is 6.26. The molecule has 2 N–H and O–H groups in total. The highest BCUT2D eigenvalue weighted by Gasteiger charge is 2.38. The summed E-state index contributed by atoms with van der Waals surface area (Å²) >= 11 is 0. The Balaban J connectivity index is 2.14. The summed E-state index contributed by atoms with van der Waals surface area (Å²) in [4.78, 5) is 23.5. The summed E-state index contributed by atoms with van der Waals surface area (Å²) in [6.07, 6.45) is 1.68. The van der Waals surface area contributed by atoms with Gasteiger partial charge < -0.3 is 15.2 Å². The first kappa shape index (κ1) is 15.5. The molecule has 0 fully saturated rings. The minimum absolute atomic E-state index is 0.0254. The third-order valence-electron chi connectivity index (χ3n) is 4.24. The second-order valence-corrected chi connectivity index (χ2v) is 5.62. The number of fused-ring (bicyclic) bond motifs is 1. The van der Waals surface area contributed by atoms with Crippen LogP contribution in [-0.4, -0.2) is 36.7 Å². The largest absolute Gasteiger partial charge is 0.479 e. The number of nitrogens with one attached hydrogen (secondary N) is 1. The van der Waals surface area contributed by atoms with E-state index in [1.54, 1.807) is 0 Å². The number of carbonyl (C=O) groups is 2. The molecule has 0 radical (unpaired) electrons. The van der Waals surface area contributed by atoms with Crippen LogP contribution in [0.3, 0.4) is 0 Å². The molecule has 1 aliphatic carbocycles. The highest BCUT2D eigenvalue weighted by atomic mass is 16.5. The number of amides is 1. The van der Waals surface area contributed by atoms with Gasteiger partial charge in [0.15, 0.2) is 6.10 Å². The maximum absolute atomic E-state index is 12.6. The van der Waals surface area contributed by atoms with E-state index in [0.29, 0.717) is 0 Å². The molecule has 2 rings (SSSR count). The maximum Gasteiger partial charge on any atom is 0.334 e. The molecule has 1 amide bonds. The molecule has 114 valence electrons. The predicted molar refractivity (Wildman–Crippen MR) is 78.2 cm³/mol. The zero-order valence-corrected chi connectivity index (χ0v) is 12.4. The Bertz CT molecular complexity index is 543. The minimum Gasteiger partial charge on any atom is -0.479 e. The van der Waals surface area contributed by atoms with Crippen molar-refractivity contribution in [1.29, 1.82) is 0 Å². The average Bonchev–Trinajstić information content (AvgIpc) is 2.48. The zero-order valence-electron chi connectivity index (χ0n) is 12.4. The number of rotatable bonds is 5. The number of carboxylic acid groups (broad SMARTS) is 1. The fraction of sp³-hybridized carbons (Fsp3) is 0.500. The zero-order chi connectivity index (χ0) is 15.5. The molecule has 1 aromatic rings. The van der Waals surface area contributed by atoms with Gasteiger partial charge in [-0.2, -0.15) is 0 Å². The summed E-state index contributed by atoms with van der Waals surface area (Å²) < 4.78 is 4.84. The minimum atomic E-state index is -1.08. The van der Waals surface area contributed by atoms with Crippen LogP contribution in [0, 0.1) is 0 Å². The van der Waals surface area contributed by atoms with Gasteiger partial charge in [-0.15, -0.1) is 0 Å². The van der Waals surface area contributed by atoms with Gasteiger partial charge in [0.25, 0.3) is 0 Å². The molecule has 0 saturated heterocycles. The highest BCUT2D eigenvalue weighted by molar-refractivity contribution is 5.89. The number of hydrogen-bond donors (Lipinski definition) is 2. The first-order valence-corrected chi connectivity index (χ1v) is 7.11. The molecule has 0 heterocycles. The fourth-order valence-electron chi connectivity index (χ4n) is 2.93. The number of methoxy groups -OCH3 is 1. The van der Waals surface area contributed by atoms with Crippen LogP contribution >= 0.6 is 0 Å². The third-order valence-corrected chi connectivity index (χ3v) is 4.24. The van der Waals surface area contributed by atoms with Crippen molar-refractivity contribution in [1.82, 2.24) is 5.32 Å². The van der Waals surface area contributed by atoms with Crippen LogP contribution in [0.5, 0.6) is 0 Å². The Kier molecular flexibility index (Phi) is 4.63. The van der Waals surface area contributed by atoms with Crippen LogP contribution in [0.1, 0.15) is 30.9 Å². The molecular weight excluding hydrogens is 270 g/mol. The Hall–Kier alpha value is -1.88. The topological polar surface area (TPSA) is 75.6 Å². The molecule has 5 heteroatoms. The van der Waals surface area contributed by atoms with Crippen molar-refractivity contribution in [3.8, 4) is 0 Å². The number of aryl methyl sites for hydroxylation is 1. The quantitative estimate of drug-likeness (QED) is 0.862. The lowest BCUT2D eigenvalue weighted by Crippen LogP contribution is -2.48. The van der Waals surface area contributed by atoms with Crippen LogP contribution in [-0.2, 0) is 26.2 Å². The van der Waals surface area contributed by atoms with Gasteiger partial charge in [0.1, 0.15) is 0 Å². The molecule has 5 nitrogen and oxygen atoms in total. The normalized spacial score (nSPS) is 22.2. The molecular formula is C16H21NO4. The summed E-state index contributed by atoms with van der Waals surface area (Å²) in [5.41, 5.74) is 1.63. The van der Waals surface area contributed by atoms with E-state index in [0.717, 1.165) is 24.8 Å². The molecule has 0 saturated carbocycles. The smallest absolute Gasteiger partial charge is 0.334 e. The molecule has 1 aromatic carbocycles. The molecule has 1 aliphatic rings. The number of benzene rings is 1. The highest BCUT2D eigenvalue weighted by Crippen LogP contribution is 2.37. The van der Waals surface area contributed by atoms with Crippen molar-refractivity contribution in [2.45, 2.75) is 37.7 Å². The van der Waals surface area contributed by atoms with E-state index in [9.17, 15) is 9.59 Å². The average molecular weight is 291 g/mol. The Labute approximate surface area is 124 Å². The van der Waals surface area contributed by atoms with Crippen molar-refractivity contribution < 1.29 is 19.4 Å². The van der Waals surface area contributed by atoms with Crippen LogP contribution < -0.4 is 5.32 Å². The lowest BCUT2D eigenvalue weighted by atomic mass is 9.70. The molecule has 0 aromatic heterocycles. The monoisotopic (exact) mass is 291 g/mol. The van der Waals surface area contributed by atoms with Crippen molar-refractivity contribution in [3.05, 3.63) is 35.4 Å². The second-order valence-electron chi connectivity index (χ2n) is 5.62. The summed E-state index contributed by atoms with van der Waals surface area (Å²) in [6.45, 7) is 1.89. The standard InChI is InChI=1S/C16H21NO4/c1-16(15(20)17-10-13(21-2)14(18)19)9-5-7-11-6-3-4-8-12(11)16/h3-4,6,8,13H,5,7,9-10H2,1-2H3,(H,17,20)(H,18,19). The van der Waals surface area contributed by atoms with Crippen molar-refractivity contribution in [2.24, 2.45) is 0 Å². The number of ether oxygens (including phenoxy) is 1. The lowest BCUT2D eigenvalue weighted by molar-refractivity contribution is -0.148. The summed E-state index contributed by atoms with van der Waals surface area (Å²) in [5, 5.41) is 11.7. The predicted octanol–water partition coefficient (Wildman–Crippen LogP) is 1.50. The van der Waals surface area contributed by atoms with Gasteiger partial charge >= 0.3 is 5.97 Å². The molecule has 0 aliphatic heterocycles. The van der Waals surface area contributed by atoms with E-state index >= 15 is 0 Å². The van der Waals surface area contributed by atoms with E-state index < -0.39 is 17.5 Å². The number of carbonyl (C=O) groups excluding carboxylic acids is 1. The Morgan fingerprint density at radius 3 is 2.81 bits per heavy atom. The first-order chi connectivity index (χ1) is 9.99. The van der Waals surface area contributed by atoms with E-state index in [-0.39, 0.29) is 12.5 Å². The SMILES string of the molecule is COC(CNC(=O)C1(C)CCCc2ccccc21)C(=O)O.